The van der Waals surface area contributed by atoms with Gasteiger partial charge in [-0.2, -0.15) is 0 Å². The molecule has 0 aliphatic heterocycles. The quantitative estimate of drug-likeness (QED) is 0.691. The van der Waals surface area contributed by atoms with Crippen molar-refractivity contribution in [3.05, 3.63) is 72.3 Å². The van der Waals surface area contributed by atoms with Crippen molar-refractivity contribution in [2.45, 2.75) is 26.5 Å². The Morgan fingerprint density at radius 2 is 1.69 bits per heavy atom. The molecule has 3 aromatic carbocycles. The van der Waals surface area contributed by atoms with Crippen molar-refractivity contribution < 1.29 is 14.3 Å². The molecular formula is C22H23NO3. The molecule has 0 radical (unpaired) electrons. The highest BCUT2D eigenvalue weighted by molar-refractivity contribution is 5.88. The Morgan fingerprint density at radius 3 is 2.46 bits per heavy atom. The fourth-order valence-electron chi connectivity index (χ4n) is 2.67. The van der Waals surface area contributed by atoms with Gasteiger partial charge in [0.25, 0.3) is 5.91 Å². The third-order valence-electron chi connectivity index (χ3n) is 3.89. The zero-order chi connectivity index (χ0) is 18.4. The van der Waals surface area contributed by atoms with Crippen LogP contribution in [0, 0.1) is 0 Å². The summed E-state index contributed by atoms with van der Waals surface area (Å²) >= 11 is 0. The number of benzene rings is 3. The average molecular weight is 349 g/mol. The van der Waals surface area contributed by atoms with Crippen LogP contribution >= 0.6 is 0 Å². The molecular weight excluding hydrogens is 326 g/mol. The number of carbonyl (C=O) groups excluding carboxylic acids is 1. The predicted octanol–water partition coefficient (Wildman–Crippen LogP) is 4.32. The zero-order valence-electron chi connectivity index (χ0n) is 15.1. The first-order valence-corrected chi connectivity index (χ1v) is 8.74. The normalized spacial score (nSPS) is 10.7. The van der Waals surface area contributed by atoms with Crippen LogP contribution in [-0.2, 0) is 11.3 Å². The van der Waals surface area contributed by atoms with E-state index in [1.807, 2.05) is 80.6 Å². The minimum Gasteiger partial charge on any atom is -0.491 e. The van der Waals surface area contributed by atoms with Crippen molar-refractivity contribution in [2.75, 3.05) is 6.61 Å². The molecule has 26 heavy (non-hydrogen) atoms. The van der Waals surface area contributed by atoms with Gasteiger partial charge in [0, 0.05) is 11.9 Å². The van der Waals surface area contributed by atoms with E-state index in [0.717, 1.165) is 22.1 Å². The fraction of sp³-hybridized carbons (Fsp3) is 0.227. The molecule has 0 aliphatic rings. The van der Waals surface area contributed by atoms with Gasteiger partial charge in [-0.3, -0.25) is 4.79 Å². The second-order valence-corrected chi connectivity index (χ2v) is 6.35. The number of hydrogen-bond acceptors (Lipinski definition) is 3. The van der Waals surface area contributed by atoms with Crippen molar-refractivity contribution in [3.8, 4) is 11.5 Å². The summed E-state index contributed by atoms with van der Waals surface area (Å²) < 4.78 is 11.3. The van der Waals surface area contributed by atoms with Gasteiger partial charge in [-0.05, 0) is 43.0 Å². The molecule has 1 N–H and O–H groups in total. The van der Waals surface area contributed by atoms with E-state index in [1.54, 1.807) is 0 Å². The number of hydrogen-bond donors (Lipinski definition) is 1. The van der Waals surface area contributed by atoms with Gasteiger partial charge in [0.1, 0.15) is 11.5 Å². The van der Waals surface area contributed by atoms with Crippen molar-refractivity contribution in [3.63, 3.8) is 0 Å². The Morgan fingerprint density at radius 1 is 0.962 bits per heavy atom. The first-order valence-electron chi connectivity index (χ1n) is 8.74. The van der Waals surface area contributed by atoms with Gasteiger partial charge in [0.2, 0.25) is 0 Å². The molecule has 3 rings (SSSR count). The molecule has 0 atom stereocenters. The molecule has 0 saturated heterocycles. The van der Waals surface area contributed by atoms with Crippen LogP contribution in [-0.4, -0.2) is 18.6 Å². The van der Waals surface area contributed by atoms with Crippen LogP contribution in [0.5, 0.6) is 11.5 Å². The van der Waals surface area contributed by atoms with E-state index >= 15 is 0 Å². The van der Waals surface area contributed by atoms with E-state index in [0.29, 0.717) is 12.3 Å². The lowest BCUT2D eigenvalue weighted by molar-refractivity contribution is -0.123. The van der Waals surface area contributed by atoms with Crippen LogP contribution < -0.4 is 14.8 Å². The number of ether oxygens (including phenoxy) is 2. The number of rotatable bonds is 7. The number of nitrogens with one attached hydrogen (secondary N) is 1. The first kappa shape index (κ1) is 17.8. The second kappa shape index (κ2) is 8.39. The Kier molecular flexibility index (Phi) is 5.74. The Hall–Kier alpha value is -3.01. The highest BCUT2D eigenvalue weighted by atomic mass is 16.5. The number of fused-ring (bicyclic) bond motifs is 1. The molecule has 4 heteroatoms. The Labute approximate surface area is 153 Å². The van der Waals surface area contributed by atoms with E-state index in [9.17, 15) is 4.79 Å². The maximum absolute atomic E-state index is 12.1. The second-order valence-electron chi connectivity index (χ2n) is 6.35. The van der Waals surface area contributed by atoms with Gasteiger partial charge < -0.3 is 14.8 Å². The number of amides is 1. The van der Waals surface area contributed by atoms with Gasteiger partial charge in [-0.25, -0.2) is 0 Å². The molecule has 0 saturated carbocycles. The van der Waals surface area contributed by atoms with Crippen LogP contribution in [0.25, 0.3) is 10.8 Å². The Bertz CT molecular complexity index is 867. The maximum atomic E-state index is 12.1. The molecule has 0 bridgehead atoms. The summed E-state index contributed by atoms with van der Waals surface area (Å²) in [6.45, 7) is 4.43. The summed E-state index contributed by atoms with van der Waals surface area (Å²) in [6.07, 6.45) is 0.145. The van der Waals surface area contributed by atoms with Gasteiger partial charge in [0.05, 0.1) is 6.10 Å². The molecule has 0 heterocycles. The summed E-state index contributed by atoms with van der Waals surface area (Å²) in [6, 6.07) is 21.5. The summed E-state index contributed by atoms with van der Waals surface area (Å²) in [4.78, 5) is 12.1. The lowest BCUT2D eigenvalue weighted by Crippen LogP contribution is -2.28. The minimum absolute atomic E-state index is 0.0114. The molecule has 134 valence electrons. The highest BCUT2D eigenvalue weighted by Crippen LogP contribution is 2.24. The Balaban J connectivity index is 1.51. The molecule has 3 aromatic rings. The van der Waals surface area contributed by atoms with Crippen molar-refractivity contribution in [1.29, 1.82) is 0 Å². The van der Waals surface area contributed by atoms with Crippen LogP contribution in [0.3, 0.4) is 0 Å². The molecule has 0 aromatic heterocycles. The third-order valence-corrected chi connectivity index (χ3v) is 3.89. The van der Waals surface area contributed by atoms with E-state index in [1.165, 1.54) is 0 Å². The van der Waals surface area contributed by atoms with Crippen LogP contribution in [0.1, 0.15) is 19.4 Å². The lowest BCUT2D eigenvalue weighted by Gasteiger charge is -2.11. The summed E-state index contributed by atoms with van der Waals surface area (Å²) in [5, 5.41) is 4.97. The first-order chi connectivity index (χ1) is 12.6. The van der Waals surface area contributed by atoms with Gasteiger partial charge in [-0.15, -0.1) is 0 Å². The van der Waals surface area contributed by atoms with Crippen molar-refractivity contribution in [2.24, 2.45) is 0 Å². The molecule has 0 spiro atoms. The van der Waals surface area contributed by atoms with E-state index in [4.69, 9.17) is 9.47 Å². The fourth-order valence-corrected chi connectivity index (χ4v) is 2.67. The molecule has 0 unspecified atom stereocenters. The van der Waals surface area contributed by atoms with Crippen LogP contribution in [0.4, 0.5) is 0 Å². The number of carbonyl (C=O) groups is 1. The average Bonchev–Trinajstić information content (AvgIpc) is 2.65. The lowest BCUT2D eigenvalue weighted by atomic mass is 10.1. The van der Waals surface area contributed by atoms with Crippen LogP contribution in [0.2, 0.25) is 0 Å². The van der Waals surface area contributed by atoms with Crippen molar-refractivity contribution >= 4 is 16.7 Å². The summed E-state index contributed by atoms with van der Waals surface area (Å²) in [5.41, 5.74) is 1.01. The largest absolute Gasteiger partial charge is 0.491 e. The van der Waals surface area contributed by atoms with Gasteiger partial charge in [-0.1, -0.05) is 48.5 Å². The maximum Gasteiger partial charge on any atom is 0.258 e. The summed E-state index contributed by atoms with van der Waals surface area (Å²) in [7, 11) is 0. The van der Waals surface area contributed by atoms with Gasteiger partial charge in [0.15, 0.2) is 6.61 Å². The third kappa shape index (κ3) is 4.76. The SMILES string of the molecule is CC(C)Oc1ccc(CNC(=O)COc2cccc3ccccc23)cc1. The van der Waals surface area contributed by atoms with Crippen molar-refractivity contribution in [1.82, 2.24) is 5.32 Å². The predicted molar refractivity (Wildman–Crippen MR) is 103 cm³/mol. The monoisotopic (exact) mass is 349 g/mol. The zero-order valence-corrected chi connectivity index (χ0v) is 15.1. The standard InChI is InChI=1S/C22H23NO3/c1-16(2)26-19-12-10-17(11-13-19)14-23-22(24)15-25-21-9-5-7-18-6-3-4-8-20(18)21/h3-13,16H,14-15H2,1-2H3,(H,23,24). The molecule has 0 fully saturated rings. The van der Waals surface area contributed by atoms with E-state index < -0.39 is 0 Å². The topological polar surface area (TPSA) is 47.6 Å². The molecule has 0 aliphatic carbocycles. The summed E-state index contributed by atoms with van der Waals surface area (Å²) in [5.74, 6) is 1.39. The smallest absolute Gasteiger partial charge is 0.258 e. The molecule has 4 nitrogen and oxygen atoms in total. The van der Waals surface area contributed by atoms with E-state index in [2.05, 4.69) is 5.32 Å². The molecule has 1 amide bonds. The van der Waals surface area contributed by atoms with Crippen LogP contribution in [0.15, 0.2) is 66.7 Å². The minimum atomic E-state index is -0.152. The van der Waals surface area contributed by atoms with Gasteiger partial charge >= 0.3 is 0 Å². The highest BCUT2D eigenvalue weighted by Gasteiger charge is 2.06. The van der Waals surface area contributed by atoms with E-state index in [-0.39, 0.29) is 18.6 Å².